The highest BCUT2D eigenvalue weighted by molar-refractivity contribution is 5.80. The number of nitrogens with zero attached hydrogens (tertiary/aromatic N) is 1. The highest BCUT2D eigenvalue weighted by Crippen LogP contribution is 2.39. The maximum atomic E-state index is 14.0. The van der Waals surface area contributed by atoms with Gasteiger partial charge in [0.15, 0.2) is 0 Å². The molecule has 0 spiro atoms. The molecule has 0 radical (unpaired) electrons. The molecule has 140 valence electrons. The van der Waals surface area contributed by atoms with Crippen LogP contribution in [0, 0.1) is 17.1 Å². The summed E-state index contributed by atoms with van der Waals surface area (Å²) < 4.78 is 14.0. The van der Waals surface area contributed by atoms with Gasteiger partial charge in [0.1, 0.15) is 11.9 Å². The number of benzene rings is 3. The Kier molecular flexibility index (Phi) is 5.26. The minimum Gasteiger partial charge on any atom is -0.206 e. The Labute approximate surface area is 166 Å². The van der Waals surface area contributed by atoms with Gasteiger partial charge >= 0.3 is 0 Å². The Hall–Kier alpha value is -2.92. The van der Waals surface area contributed by atoms with Crippen LogP contribution >= 0.6 is 0 Å². The number of halogens is 1. The van der Waals surface area contributed by atoms with Gasteiger partial charge in [-0.1, -0.05) is 68.7 Å². The molecule has 0 aliphatic heterocycles. The summed E-state index contributed by atoms with van der Waals surface area (Å²) in [5, 5.41) is 8.92. The van der Waals surface area contributed by atoms with E-state index in [2.05, 4.69) is 37.3 Å². The van der Waals surface area contributed by atoms with Gasteiger partial charge in [0.2, 0.25) is 0 Å². The molecule has 3 aromatic rings. The Morgan fingerprint density at radius 3 is 2.32 bits per heavy atom. The Morgan fingerprint density at radius 1 is 0.857 bits per heavy atom. The number of hydrogen-bond acceptors (Lipinski definition) is 1. The predicted octanol–water partition coefficient (Wildman–Crippen LogP) is 7.06. The van der Waals surface area contributed by atoms with Crippen LogP contribution in [0.15, 0.2) is 54.6 Å². The fourth-order valence-corrected chi connectivity index (χ4v) is 4.14. The van der Waals surface area contributed by atoms with Crippen LogP contribution in [0.5, 0.6) is 0 Å². The van der Waals surface area contributed by atoms with Gasteiger partial charge in [0, 0.05) is 0 Å². The molecule has 0 aromatic heterocycles. The molecule has 3 aromatic carbocycles. The van der Waals surface area contributed by atoms with Crippen LogP contribution in [-0.4, -0.2) is 0 Å². The van der Waals surface area contributed by atoms with E-state index < -0.39 is 5.82 Å². The number of aryl methyl sites for hydroxylation is 1. The van der Waals surface area contributed by atoms with Crippen LogP contribution in [0.25, 0.3) is 22.3 Å². The quantitative estimate of drug-likeness (QED) is 0.334. The fourth-order valence-electron chi connectivity index (χ4n) is 4.14. The van der Waals surface area contributed by atoms with Gasteiger partial charge in [-0.25, -0.2) is 4.39 Å². The summed E-state index contributed by atoms with van der Waals surface area (Å²) in [5.41, 5.74) is 8.62. The third kappa shape index (κ3) is 3.58. The van der Waals surface area contributed by atoms with E-state index in [0.29, 0.717) is 0 Å². The van der Waals surface area contributed by atoms with E-state index in [1.54, 1.807) is 6.07 Å². The minimum absolute atomic E-state index is 0.0868. The second-order valence-corrected chi connectivity index (χ2v) is 7.66. The lowest BCUT2D eigenvalue weighted by atomic mass is 9.98. The normalized spacial score (nSPS) is 11.8. The van der Waals surface area contributed by atoms with Crippen molar-refractivity contribution in [1.29, 1.82) is 5.26 Å². The maximum Gasteiger partial charge on any atom is 0.141 e. The first kappa shape index (κ1) is 18.4. The van der Waals surface area contributed by atoms with Gasteiger partial charge in [0.25, 0.3) is 0 Å². The molecule has 2 heteroatoms. The molecule has 0 unspecified atom stereocenters. The molecule has 0 bridgehead atoms. The van der Waals surface area contributed by atoms with Crippen molar-refractivity contribution in [2.45, 2.75) is 45.4 Å². The molecule has 0 saturated heterocycles. The first-order valence-corrected chi connectivity index (χ1v) is 10.1. The minimum atomic E-state index is -0.462. The highest BCUT2D eigenvalue weighted by atomic mass is 19.1. The molecule has 28 heavy (non-hydrogen) atoms. The van der Waals surface area contributed by atoms with Crippen molar-refractivity contribution in [3.05, 3.63) is 82.7 Å². The van der Waals surface area contributed by atoms with Crippen molar-refractivity contribution in [2.75, 3.05) is 0 Å². The van der Waals surface area contributed by atoms with Crippen LogP contribution in [0.3, 0.4) is 0 Å². The molecule has 1 nitrogen and oxygen atoms in total. The van der Waals surface area contributed by atoms with Crippen LogP contribution in [0.1, 0.15) is 54.9 Å². The molecule has 0 fully saturated rings. The van der Waals surface area contributed by atoms with Crippen molar-refractivity contribution in [1.82, 2.24) is 0 Å². The molecule has 0 atom stereocenters. The van der Waals surface area contributed by atoms with E-state index in [4.69, 9.17) is 5.26 Å². The Bertz CT molecular complexity index is 1060. The summed E-state index contributed by atoms with van der Waals surface area (Å²) in [5.74, 6) is -0.462. The summed E-state index contributed by atoms with van der Waals surface area (Å²) in [7, 11) is 0. The van der Waals surface area contributed by atoms with Crippen molar-refractivity contribution in [2.24, 2.45) is 0 Å². The monoisotopic (exact) mass is 369 g/mol. The molecular weight excluding hydrogens is 345 g/mol. The first-order chi connectivity index (χ1) is 13.7. The molecule has 4 rings (SSSR count). The largest absolute Gasteiger partial charge is 0.206 e. The number of rotatable bonds is 6. The zero-order chi connectivity index (χ0) is 19.5. The van der Waals surface area contributed by atoms with E-state index in [9.17, 15) is 4.39 Å². The van der Waals surface area contributed by atoms with Gasteiger partial charge in [0.05, 0.1) is 5.56 Å². The summed E-state index contributed by atoms with van der Waals surface area (Å²) in [6.07, 6.45) is 7.23. The summed E-state index contributed by atoms with van der Waals surface area (Å²) in [6.45, 7) is 2.24. The maximum absolute atomic E-state index is 14.0. The van der Waals surface area contributed by atoms with E-state index in [-0.39, 0.29) is 5.56 Å². The zero-order valence-corrected chi connectivity index (χ0v) is 16.3. The molecule has 0 amide bonds. The third-order valence-electron chi connectivity index (χ3n) is 5.69. The van der Waals surface area contributed by atoms with Crippen LogP contribution in [0.2, 0.25) is 0 Å². The van der Waals surface area contributed by atoms with Gasteiger partial charge in [-0.15, -0.1) is 0 Å². The predicted molar refractivity (Wildman–Crippen MR) is 113 cm³/mol. The van der Waals surface area contributed by atoms with Crippen LogP contribution < -0.4 is 0 Å². The highest BCUT2D eigenvalue weighted by Gasteiger charge is 2.19. The standard InChI is InChI=1S/C26H24FN/c1-2-3-4-5-6-18-7-11-24-22(13-18)15-23-14-19(10-12-25(23)24)20-8-9-21(17-28)26(27)16-20/h7-14,16H,2-6,15H2,1H3. The number of hydrogen-bond donors (Lipinski definition) is 0. The van der Waals surface area contributed by atoms with Crippen LogP contribution in [-0.2, 0) is 12.8 Å². The third-order valence-corrected chi connectivity index (χ3v) is 5.69. The molecule has 1 aliphatic rings. The first-order valence-electron chi connectivity index (χ1n) is 10.1. The average molecular weight is 369 g/mol. The van der Waals surface area contributed by atoms with E-state index >= 15 is 0 Å². The lowest BCUT2D eigenvalue weighted by Gasteiger charge is -2.07. The summed E-state index contributed by atoms with van der Waals surface area (Å²) in [6, 6.07) is 20.0. The van der Waals surface area contributed by atoms with Crippen LogP contribution in [0.4, 0.5) is 4.39 Å². The smallest absolute Gasteiger partial charge is 0.141 e. The van der Waals surface area contributed by atoms with Crippen molar-refractivity contribution < 1.29 is 4.39 Å². The van der Waals surface area contributed by atoms with E-state index in [1.807, 2.05) is 18.2 Å². The molecule has 1 aliphatic carbocycles. The lowest BCUT2D eigenvalue weighted by Crippen LogP contribution is -1.89. The number of unbranched alkanes of at least 4 members (excludes halogenated alkanes) is 3. The molecular formula is C26H24FN. The SMILES string of the molecule is CCCCCCc1ccc2c(c1)Cc1cc(-c3ccc(C#N)c(F)c3)ccc1-2. The van der Waals surface area contributed by atoms with E-state index in [0.717, 1.165) is 24.0 Å². The fraction of sp³-hybridized carbons (Fsp3) is 0.269. The van der Waals surface area contributed by atoms with Gasteiger partial charge in [-0.2, -0.15) is 5.26 Å². The zero-order valence-electron chi connectivity index (χ0n) is 16.3. The summed E-state index contributed by atoms with van der Waals surface area (Å²) in [4.78, 5) is 0. The van der Waals surface area contributed by atoms with Gasteiger partial charge < -0.3 is 0 Å². The van der Waals surface area contributed by atoms with Gasteiger partial charge in [-0.05, 0) is 70.3 Å². The van der Waals surface area contributed by atoms with E-state index in [1.165, 1.54) is 59.6 Å². The topological polar surface area (TPSA) is 23.8 Å². The second kappa shape index (κ2) is 7.98. The van der Waals surface area contributed by atoms with Crippen molar-refractivity contribution in [3.63, 3.8) is 0 Å². The van der Waals surface area contributed by atoms with Gasteiger partial charge in [-0.3, -0.25) is 0 Å². The Balaban J connectivity index is 1.56. The molecule has 0 heterocycles. The van der Waals surface area contributed by atoms with Crippen molar-refractivity contribution >= 4 is 0 Å². The van der Waals surface area contributed by atoms with Crippen molar-refractivity contribution in [3.8, 4) is 28.3 Å². The molecule has 0 saturated carbocycles. The number of fused-ring (bicyclic) bond motifs is 3. The number of nitriles is 1. The molecule has 0 N–H and O–H groups in total. The second-order valence-electron chi connectivity index (χ2n) is 7.66. The average Bonchev–Trinajstić information content (AvgIpc) is 3.08. The lowest BCUT2D eigenvalue weighted by molar-refractivity contribution is 0.624. The summed E-state index contributed by atoms with van der Waals surface area (Å²) >= 11 is 0. The Morgan fingerprint density at radius 2 is 1.57 bits per heavy atom.